The minimum atomic E-state index is 0.555. The second-order valence-electron chi connectivity index (χ2n) is 14.0. The van der Waals surface area contributed by atoms with Crippen molar-refractivity contribution in [2.24, 2.45) is 0 Å². The summed E-state index contributed by atoms with van der Waals surface area (Å²) in [6.07, 6.45) is 0. The number of fused-ring (bicyclic) bond motifs is 11. The van der Waals surface area contributed by atoms with Crippen molar-refractivity contribution in [1.82, 2.24) is 19.5 Å². The van der Waals surface area contributed by atoms with Gasteiger partial charge < -0.3 is 4.42 Å². The Morgan fingerprint density at radius 2 is 1.13 bits per heavy atom. The molecule has 0 saturated carbocycles. The lowest BCUT2D eigenvalue weighted by molar-refractivity contribution is 0.669. The van der Waals surface area contributed by atoms with Crippen molar-refractivity contribution in [3.63, 3.8) is 0 Å². The van der Waals surface area contributed by atoms with Crippen LogP contribution in [-0.4, -0.2) is 19.5 Å². The van der Waals surface area contributed by atoms with Crippen LogP contribution in [0.4, 0.5) is 0 Å². The maximum Gasteiger partial charge on any atom is 0.238 e. The van der Waals surface area contributed by atoms with E-state index in [4.69, 9.17) is 19.4 Å². The average molecular weight is 721 g/mol. The van der Waals surface area contributed by atoms with Crippen molar-refractivity contribution in [3.05, 3.63) is 170 Å². The van der Waals surface area contributed by atoms with E-state index in [-0.39, 0.29) is 0 Å². The largest absolute Gasteiger partial charge is 0.456 e. The number of rotatable bonds is 4. The predicted molar refractivity (Wildman–Crippen MR) is 228 cm³/mol. The van der Waals surface area contributed by atoms with Crippen molar-refractivity contribution in [3.8, 4) is 39.9 Å². The minimum absolute atomic E-state index is 0.555. The molecular formula is C49H28N4OS. The lowest BCUT2D eigenvalue weighted by atomic mass is 9.99. The second kappa shape index (κ2) is 11.7. The van der Waals surface area contributed by atoms with Gasteiger partial charge >= 0.3 is 0 Å². The van der Waals surface area contributed by atoms with E-state index >= 15 is 0 Å². The van der Waals surface area contributed by atoms with Crippen LogP contribution in [0.15, 0.2) is 174 Å². The van der Waals surface area contributed by atoms with Gasteiger partial charge in [0.15, 0.2) is 11.6 Å². The summed E-state index contributed by atoms with van der Waals surface area (Å²) >= 11 is 1.84. The third-order valence-electron chi connectivity index (χ3n) is 10.9. The molecule has 0 N–H and O–H groups in total. The highest BCUT2D eigenvalue weighted by atomic mass is 32.1. The van der Waals surface area contributed by atoms with Gasteiger partial charge in [-0.1, -0.05) is 133 Å². The highest BCUT2D eigenvalue weighted by Crippen LogP contribution is 2.43. The molecule has 5 nitrogen and oxygen atoms in total. The molecule has 12 rings (SSSR count). The maximum absolute atomic E-state index is 6.33. The number of hydrogen-bond donors (Lipinski definition) is 0. The number of benzene rings is 8. The zero-order valence-electron chi connectivity index (χ0n) is 29.3. The molecule has 0 aliphatic rings. The fraction of sp³-hybridized carbons (Fsp3) is 0. The molecule has 0 fully saturated rings. The summed E-state index contributed by atoms with van der Waals surface area (Å²) in [6.45, 7) is 0. The SMILES string of the molecule is c1ccc(-c2nc(-c3ccc4c(c3)oc3ccccc34)nc(-n3c4ccc5ccccc5c4c4cccc(-c5ccc6c(c5)sc5ccccc56)c43)n2)cc1. The van der Waals surface area contributed by atoms with Gasteiger partial charge in [-0.25, -0.2) is 4.98 Å². The highest BCUT2D eigenvalue weighted by Gasteiger charge is 2.22. The average Bonchev–Trinajstić information content (AvgIpc) is 3.93. The Bertz CT molecular complexity index is 3500. The predicted octanol–water partition coefficient (Wildman–Crippen LogP) is 13.4. The minimum Gasteiger partial charge on any atom is -0.456 e. The summed E-state index contributed by atoms with van der Waals surface area (Å²) in [5.41, 5.74) is 7.77. The first kappa shape index (κ1) is 30.3. The topological polar surface area (TPSA) is 56.7 Å². The van der Waals surface area contributed by atoms with Crippen LogP contribution < -0.4 is 0 Å². The molecule has 0 amide bonds. The number of thiophene rings is 1. The molecule has 12 aromatic rings. The summed E-state index contributed by atoms with van der Waals surface area (Å²) in [7, 11) is 0. The number of aromatic nitrogens is 4. The van der Waals surface area contributed by atoms with E-state index in [0.29, 0.717) is 17.6 Å². The standard InChI is InChI=1S/C49H28N4OS/c1-2-12-30(13-3-1)47-50-48(32-22-24-36-35-15-6-8-19-41(35)54-42(36)27-32)52-49(51-47)53-40-26-23-29-11-4-5-14-33(29)45(40)39-18-10-17-34(46(39)53)31-21-25-38-37-16-7-9-20-43(37)55-44(38)28-31/h1-28H. The van der Waals surface area contributed by atoms with E-state index in [2.05, 4.69) is 132 Å². The molecule has 4 aromatic heterocycles. The maximum atomic E-state index is 6.33. The Balaban J connectivity index is 1.17. The molecule has 6 heteroatoms. The van der Waals surface area contributed by atoms with E-state index in [1.807, 2.05) is 53.8 Å². The zero-order valence-corrected chi connectivity index (χ0v) is 30.1. The second-order valence-corrected chi connectivity index (χ2v) is 15.1. The summed E-state index contributed by atoms with van der Waals surface area (Å²) in [4.78, 5) is 15.7. The summed E-state index contributed by atoms with van der Waals surface area (Å²) in [5.74, 6) is 1.73. The number of furan rings is 1. The molecule has 4 heterocycles. The Labute approximate surface area is 318 Å². The summed E-state index contributed by atoms with van der Waals surface area (Å²) in [6, 6.07) is 59.7. The fourth-order valence-electron chi connectivity index (χ4n) is 8.35. The van der Waals surface area contributed by atoms with Crippen LogP contribution in [0.2, 0.25) is 0 Å². The lowest BCUT2D eigenvalue weighted by Gasteiger charge is -2.13. The Kier molecular flexibility index (Phi) is 6.44. The van der Waals surface area contributed by atoms with E-state index in [1.54, 1.807) is 0 Å². The third kappa shape index (κ3) is 4.62. The molecular weight excluding hydrogens is 693 g/mol. The summed E-state index contributed by atoms with van der Waals surface area (Å²) < 4.78 is 11.1. The van der Waals surface area contributed by atoms with Crippen LogP contribution in [0.25, 0.3) is 115 Å². The van der Waals surface area contributed by atoms with Gasteiger partial charge in [0.1, 0.15) is 11.2 Å². The molecule has 0 bridgehead atoms. The molecule has 0 unspecified atom stereocenters. The van der Waals surface area contributed by atoms with E-state index in [1.165, 1.54) is 36.3 Å². The Morgan fingerprint density at radius 3 is 2.04 bits per heavy atom. The van der Waals surface area contributed by atoms with Crippen LogP contribution >= 0.6 is 11.3 Å². The van der Waals surface area contributed by atoms with Crippen molar-refractivity contribution >= 4 is 86.0 Å². The van der Waals surface area contributed by atoms with Crippen LogP contribution in [0.3, 0.4) is 0 Å². The molecule has 0 spiro atoms. The Morgan fingerprint density at radius 1 is 0.436 bits per heavy atom. The van der Waals surface area contributed by atoms with Gasteiger partial charge in [-0.3, -0.25) is 4.57 Å². The molecule has 0 aliphatic carbocycles. The zero-order chi connectivity index (χ0) is 36.0. The molecule has 0 saturated heterocycles. The summed E-state index contributed by atoms with van der Waals surface area (Å²) in [5, 5.41) is 9.41. The van der Waals surface area contributed by atoms with E-state index < -0.39 is 0 Å². The van der Waals surface area contributed by atoms with Gasteiger partial charge in [-0.2, -0.15) is 9.97 Å². The smallest absolute Gasteiger partial charge is 0.238 e. The van der Waals surface area contributed by atoms with Crippen LogP contribution in [-0.2, 0) is 0 Å². The van der Waals surface area contributed by atoms with Crippen LogP contribution in [0.5, 0.6) is 0 Å². The lowest BCUT2D eigenvalue weighted by Crippen LogP contribution is -2.07. The fourth-order valence-corrected chi connectivity index (χ4v) is 9.49. The first-order valence-electron chi connectivity index (χ1n) is 18.4. The first-order valence-corrected chi connectivity index (χ1v) is 19.2. The van der Waals surface area contributed by atoms with Crippen LogP contribution in [0.1, 0.15) is 0 Å². The molecule has 8 aromatic carbocycles. The van der Waals surface area contributed by atoms with Crippen molar-refractivity contribution in [2.45, 2.75) is 0 Å². The Hall–Kier alpha value is -7.15. The third-order valence-corrected chi connectivity index (χ3v) is 12.0. The molecule has 0 radical (unpaired) electrons. The highest BCUT2D eigenvalue weighted by molar-refractivity contribution is 7.25. The monoisotopic (exact) mass is 720 g/mol. The molecule has 55 heavy (non-hydrogen) atoms. The number of nitrogens with zero attached hydrogens (tertiary/aromatic N) is 4. The van der Waals surface area contributed by atoms with Gasteiger partial charge in [-0.15, -0.1) is 11.3 Å². The first-order chi connectivity index (χ1) is 27.2. The van der Waals surface area contributed by atoms with Crippen molar-refractivity contribution in [2.75, 3.05) is 0 Å². The van der Waals surface area contributed by atoms with Gasteiger partial charge in [0, 0.05) is 58.4 Å². The van der Waals surface area contributed by atoms with Crippen LogP contribution in [0, 0.1) is 0 Å². The van der Waals surface area contributed by atoms with Gasteiger partial charge in [0.2, 0.25) is 5.95 Å². The van der Waals surface area contributed by atoms with E-state index in [0.717, 1.165) is 60.6 Å². The normalized spacial score (nSPS) is 12.0. The van der Waals surface area contributed by atoms with Gasteiger partial charge in [-0.05, 0) is 52.7 Å². The van der Waals surface area contributed by atoms with Gasteiger partial charge in [0.05, 0.1) is 11.0 Å². The van der Waals surface area contributed by atoms with Gasteiger partial charge in [0.25, 0.3) is 0 Å². The van der Waals surface area contributed by atoms with E-state index in [9.17, 15) is 0 Å². The quantitative estimate of drug-likeness (QED) is 0.182. The molecule has 0 atom stereocenters. The number of hydrogen-bond acceptors (Lipinski definition) is 5. The van der Waals surface area contributed by atoms with Crippen molar-refractivity contribution in [1.29, 1.82) is 0 Å². The number of para-hydroxylation sites is 2. The molecule has 0 aliphatic heterocycles. The van der Waals surface area contributed by atoms with Crippen molar-refractivity contribution < 1.29 is 4.42 Å². The molecule has 256 valence electrons.